The van der Waals surface area contributed by atoms with Crippen LogP contribution in [0, 0.1) is 22.7 Å². The minimum absolute atomic E-state index is 0.0738. The molecule has 31 heavy (non-hydrogen) atoms. The Balaban J connectivity index is 1.70. The van der Waals surface area contributed by atoms with Crippen molar-refractivity contribution in [2.45, 2.75) is 26.1 Å². The Morgan fingerprint density at radius 2 is 1.94 bits per heavy atom. The van der Waals surface area contributed by atoms with Crippen LogP contribution in [0.4, 0.5) is 0 Å². The highest BCUT2D eigenvalue weighted by Gasteiger charge is 2.31. The number of benzene rings is 2. The van der Waals surface area contributed by atoms with E-state index < -0.39 is 0 Å². The fraction of sp³-hybridized carbons (Fsp3) is 0.217. The highest BCUT2D eigenvalue weighted by molar-refractivity contribution is 6.30. The van der Waals surface area contributed by atoms with Gasteiger partial charge in [-0.25, -0.2) is 0 Å². The molecule has 0 bridgehead atoms. The number of carbonyl (C=O) groups is 1. The standard InChI is InChI=1S/C23H18ClN5O2/c1-14-11-28(12-16-4-2-15(9-25)3-5-16)23(31)21-8-20(27-29(14)21)22-17(10-26)6-19(24)7-18(22)13-30/h2-8,14,30H,11-13H2,1H3/t14-/m0/s1. The Bertz CT molecular complexity index is 1250. The summed E-state index contributed by atoms with van der Waals surface area (Å²) in [5, 5.41) is 33.2. The molecule has 0 aliphatic carbocycles. The fourth-order valence-corrected chi connectivity index (χ4v) is 4.11. The van der Waals surface area contributed by atoms with Gasteiger partial charge in [0, 0.05) is 23.7 Å². The van der Waals surface area contributed by atoms with Crippen molar-refractivity contribution >= 4 is 17.5 Å². The van der Waals surface area contributed by atoms with Crippen LogP contribution in [0.3, 0.4) is 0 Å². The number of rotatable bonds is 4. The van der Waals surface area contributed by atoms with Crippen molar-refractivity contribution in [2.24, 2.45) is 0 Å². The molecular weight excluding hydrogens is 414 g/mol. The minimum atomic E-state index is -0.304. The van der Waals surface area contributed by atoms with E-state index in [4.69, 9.17) is 16.9 Å². The van der Waals surface area contributed by atoms with Gasteiger partial charge in [-0.1, -0.05) is 23.7 Å². The summed E-state index contributed by atoms with van der Waals surface area (Å²) in [5.41, 5.74) is 3.63. The Morgan fingerprint density at radius 1 is 1.19 bits per heavy atom. The molecule has 3 aromatic rings. The number of nitrogens with zero attached hydrogens (tertiary/aromatic N) is 5. The van der Waals surface area contributed by atoms with E-state index in [1.807, 2.05) is 19.1 Å². The first-order chi connectivity index (χ1) is 14.9. The number of aliphatic hydroxyl groups is 1. The quantitative estimate of drug-likeness (QED) is 0.678. The third-order valence-electron chi connectivity index (χ3n) is 5.33. The average molecular weight is 432 g/mol. The zero-order valence-corrected chi connectivity index (χ0v) is 17.5. The molecule has 7 nitrogen and oxygen atoms in total. The molecule has 0 radical (unpaired) electrons. The van der Waals surface area contributed by atoms with Crippen molar-refractivity contribution in [2.75, 3.05) is 6.54 Å². The average Bonchev–Trinajstić information content (AvgIpc) is 3.23. The summed E-state index contributed by atoms with van der Waals surface area (Å²) in [4.78, 5) is 14.9. The maximum absolute atomic E-state index is 13.2. The molecule has 0 saturated carbocycles. The first kappa shape index (κ1) is 20.6. The number of fused-ring (bicyclic) bond motifs is 1. The Labute approximate surface area is 184 Å². The predicted molar refractivity (Wildman–Crippen MR) is 114 cm³/mol. The summed E-state index contributed by atoms with van der Waals surface area (Å²) in [6.45, 7) is 2.56. The predicted octanol–water partition coefficient (Wildman–Crippen LogP) is 3.66. The van der Waals surface area contributed by atoms with Gasteiger partial charge in [0.05, 0.1) is 41.6 Å². The Hall–Kier alpha value is -3.65. The maximum Gasteiger partial charge on any atom is 0.272 e. The molecule has 2 aromatic carbocycles. The second kappa shape index (κ2) is 8.23. The van der Waals surface area contributed by atoms with E-state index in [0.29, 0.717) is 51.8 Å². The maximum atomic E-state index is 13.2. The molecule has 1 N–H and O–H groups in total. The number of hydrogen-bond donors (Lipinski definition) is 1. The summed E-state index contributed by atoms with van der Waals surface area (Å²) < 4.78 is 1.67. The number of carbonyl (C=O) groups excluding carboxylic acids is 1. The van der Waals surface area contributed by atoms with Crippen molar-refractivity contribution in [3.8, 4) is 23.4 Å². The van der Waals surface area contributed by atoms with E-state index in [-0.39, 0.29) is 18.6 Å². The van der Waals surface area contributed by atoms with E-state index in [0.717, 1.165) is 5.56 Å². The van der Waals surface area contributed by atoms with Crippen LogP contribution in [0.15, 0.2) is 42.5 Å². The van der Waals surface area contributed by atoms with Crippen LogP contribution >= 0.6 is 11.6 Å². The lowest BCUT2D eigenvalue weighted by Crippen LogP contribution is -2.41. The zero-order chi connectivity index (χ0) is 22.1. The van der Waals surface area contributed by atoms with Crippen LogP contribution in [-0.2, 0) is 13.2 Å². The zero-order valence-electron chi connectivity index (χ0n) is 16.7. The van der Waals surface area contributed by atoms with Gasteiger partial charge in [0.15, 0.2) is 0 Å². The third-order valence-corrected chi connectivity index (χ3v) is 5.55. The lowest BCUT2D eigenvalue weighted by molar-refractivity contribution is 0.0651. The molecule has 1 aliphatic rings. The van der Waals surface area contributed by atoms with Crippen molar-refractivity contribution in [1.82, 2.24) is 14.7 Å². The van der Waals surface area contributed by atoms with E-state index in [1.165, 1.54) is 6.07 Å². The van der Waals surface area contributed by atoms with Crippen molar-refractivity contribution in [3.63, 3.8) is 0 Å². The minimum Gasteiger partial charge on any atom is -0.392 e. The molecule has 1 amide bonds. The van der Waals surface area contributed by atoms with Crippen molar-refractivity contribution in [1.29, 1.82) is 10.5 Å². The van der Waals surface area contributed by atoms with Crippen LogP contribution in [0.2, 0.25) is 5.02 Å². The van der Waals surface area contributed by atoms with Gasteiger partial charge in [0.2, 0.25) is 0 Å². The van der Waals surface area contributed by atoms with Crippen LogP contribution in [0.25, 0.3) is 11.3 Å². The molecule has 1 aromatic heterocycles. The summed E-state index contributed by atoms with van der Waals surface area (Å²) in [5.74, 6) is -0.167. The first-order valence-electron chi connectivity index (χ1n) is 9.66. The number of hydrogen-bond acceptors (Lipinski definition) is 5. The molecule has 1 aliphatic heterocycles. The van der Waals surface area contributed by atoms with Gasteiger partial charge in [-0.05, 0) is 48.4 Å². The summed E-state index contributed by atoms with van der Waals surface area (Å²) in [6, 6.07) is 16.0. The largest absolute Gasteiger partial charge is 0.392 e. The molecule has 4 rings (SSSR count). The second-order valence-electron chi connectivity index (χ2n) is 7.46. The molecule has 154 valence electrons. The van der Waals surface area contributed by atoms with Crippen molar-refractivity contribution in [3.05, 3.63) is 75.4 Å². The van der Waals surface area contributed by atoms with E-state index >= 15 is 0 Å². The second-order valence-corrected chi connectivity index (χ2v) is 7.90. The molecule has 1 atom stereocenters. The van der Waals surface area contributed by atoms with Crippen LogP contribution in [0.1, 0.15) is 45.7 Å². The number of aromatic nitrogens is 2. The SMILES string of the molecule is C[C@H]1CN(Cc2ccc(C#N)cc2)C(=O)c2cc(-c3c(C#N)cc(Cl)cc3CO)nn21. The number of nitriles is 2. The molecule has 8 heteroatoms. The topological polar surface area (TPSA) is 106 Å². The highest BCUT2D eigenvalue weighted by Crippen LogP contribution is 2.33. The highest BCUT2D eigenvalue weighted by atomic mass is 35.5. The summed E-state index contributed by atoms with van der Waals surface area (Å²) in [7, 11) is 0. The third kappa shape index (κ3) is 3.77. The molecule has 0 fully saturated rings. The van der Waals surface area contributed by atoms with Crippen LogP contribution < -0.4 is 0 Å². The summed E-state index contributed by atoms with van der Waals surface area (Å²) in [6.07, 6.45) is 0. The number of halogens is 1. The molecule has 0 unspecified atom stereocenters. The van der Waals surface area contributed by atoms with Gasteiger partial charge in [-0.3, -0.25) is 9.48 Å². The van der Waals surface area contributed by atoms with Gasteiger partial charge in [-0.15, -0.1) is 0 Å². The van der Waals surface area contributed by atoms with Crippen LogP contribution in [-0.4, -0.2) is 32.2 Å². The fourth-order valence-electron chi connectivity index (χ4n) is 3.87. The van der Waals surface area contributed by atoms with E-state index in [9.17, 15) is 15.2 Å². The van der Waals surface area contributed by atoms with Crippen LogP contribution in [0.5, 0.6) is 0 Å². The number of aliphatic hydroxyl groups excluding tert-OH is 1. The molecular formula is C23H18ClN5O2. The van der Waals surface area contributed by atoms with Gasteiger partial charge in [-0.2, -0.15) is 15.6 Å². The van der Waals surface area contributed by atoms with Crippen molar-refractivity contribution < 1.29 is 9.90 Å². The lowest BCUT2D eigenvalue weighted by atomic mass is 9.99. The van der Waals surface area contributed by atoms with E-state index in [2.05, 4.69) is 17.2 Å². The van der Waals surface area contributed by atoms with E-state index in [1.54, 1.807) is 33.8 Å². The lowest BCUT2D eigenvalue weighted by Gasteiger charge is -2.31. The summed E-state index contributed by atoms with van der Waals surface area (Å²) >= 11 is 6.06. The molecule has 0 spiro atoms. The molecule has 2 heterocycles. The molecule has 0 saturated heterocycles. The normalized spacial score (nSPS) is 15.3. The Morgan fingerprint density at radius 3 is 2.58 bits per heavy atom. The van der Waals surface area contributed by atoms with Gasteiger partial charge in [0.25, 0.3) is 5.91 Å². The number of amides is 1. The van der Waals surface area contributed by atoms with Gasteiger partial charge in [0.1, 0.15) is 5.69 Å². The smallest absolute Gasteiger partial charge is 0.272 e. The monoisotopic (exact) mass is 431 g/mol. The first-order valence-corrected chi connectivity index (χ1v) is 10.0. The Kier molecular flexibility index (Phi) is 5.48. The van der Waals surface area contributed by atoms with Gasteiger partial charge >= 0.3 is 0 Å². The van der Waals surface area contributed by atoms with Gasteiger partial charge < -0.3 is 10.0 Å².